The zero-order valence-electron chi connectivity index (χ0n) is 10.9. The zero-order chi connectivity index (χ0) is 13.8. The first-order valence-electron chi connectivity index (χ1n) is 6.54. The first-order chi connectivity index (χ1) is 9.06. The summed E-state index contributed by atoms with van der Waals surface area (Å²) >= 11 is 7.00. The van der Waals surface area contributed by atoms with Crippen LogP contribution in [0, 0.1) is 0 Å². The summed E-state index contributed by atoms with van der Waals surface area (Å²) in [5, 5.41) is 6.37. The molecule has 2 N–H and O–H groups in total. The molecule has 0 heterocycles. The van der Waals surface area contributed by atoms with E-state index in [4.69, 9.17) is 0 Å². The number of carbonyl (C=O) groups is 1. The Balaban J connectivity index is 1.76. The summed E-state index contributed by atoms with van der Waals surface area (Å²) < 4.78 is 2.13. The second kappa shape index (κ2) is 6.86. The normalized spacial score (nSPS) is 16.2. The van der Waals surface area contributed by atoms with Gasteiger partial charge >= 0.3 is 0 Å². The lowest BCUT2D eigenvalue weighted by molar-refractivity contribution is -0.121. The van der Waals surface area contributed by atoms with Crippen LogP contribution >= 0.6 is 31.9 Å². The number of rotatable bonds is 6. The van der Waals surface area contributed by atoms with Crippen molar-refractivity contribution in [1.29, 1.82) is 0 Å². The molecule has 1 aliphatic carbocycles. The summed E-state index contributed by atoms with van der Waals surface area (Å²) in [5.41, 5.74) is 1.20. The van der Waals surface area contributed by atoms with E-state index in [2.05, 4.69) is 55.5 Å². The topological polar surface area (TPSA) is 41.1 Å². The molecular weight excluding hydrogens is 372 g/mol. The lowest BCUT2D eigenvalue weighted by Gasteiger charge is -2.16. The van der Waals surface area contributed by atoms with E-state index >= 15 is 0 Å². The highest BCUT2D eigenvalue weighted by Gasteiger charge is 2.22. The van der Waals surface area contributed by atoms with E-state index in [9.17, 15) is 4.79 Å². The highest BCUT2D eigenvalue weighted by Crippen LogP contribution is 2.26. The summed E-state index contributed by atoms with van der Waals surface area (Å²) in [6, 6.07) is 6.81. The van der Waals surface area contributed by atoms with Gasteiger partial charge in [0, 0.05) is 34.0 Å². The van der Waals surface area contributed by atoms with Crippen LogP contribution in [0.5, 0.6) is 0 Å². The van der Waals surface area contributed by atoms with Gasteiger partial charge in [0.2, 0.25) is 5.91 Å². The predicted octanol–water partition coefficient (Wildman–Crippen LogP) is 3.53. The monoisotopic (exact) mass is 388 g/mol. The summed E-state index contributed by atoms with van der Waals surface area (Å²) in [5.74, 6) is 0.150. The van der Waals surface area contributed by atoms with E-state index in [1.54, 1.807) is 0 Å². The van der Waals surface area contributed by atoms with Gasteiger partial charge in [-0.1, -0.05) is 37.9 Å². The second-order valence-corrected chi connectivity index (χ2v) is 6.70. The van der Waals surface area contributed by atoms with Crippen molar-refractivity contribution in [3.63, 3.8) is 0 Å². The molecule has 1 aromatic carbocycles. The molecule has 5 heteroatoms. The SMILES string of the molecule is CC(NCCC(=O)NC1CC1)c1ccc(Br)cc1Br. The Bertz CT molecular complexity index is 461. The van der Waals surface area contributed by atoms with Gasteiger partial charge in [-0.25, -0.2) is 0 Å². The second-order valence-electron chi connectivity index (χ2n) is 4.93. The van der Waals surface area contributed by atoms with E-state index in [0.717, 1.165) is 21.8 Å². The van der Waals surface area contributed by atoms with Gasteiger partial charge in [0.25, 0.3) is 0 Å². The first kappa shape index (κ1) is 15.0. The van der Waals surface area contributed by atoms with Crippen LogP contribution in [0.25, 0.3) is 0 Å². The smallest absolute Gasteiger partial charge is 0.221 e. The van der Waals surface area contributed by atoms with Gasteiger partial charge in [-0.15, -0.1) is 0 Å². The fraction of sp³-hybridized carbons (Fsp3) is 0.500. The molecule has 1 atom stereocenters. The molecule has 104 valence electrons. The number of amides is 1. The van der Waals surface area contributed by atoms with Crippen LogP contribution in [0.1, 0.15) is 37.8 Å². The van der Waals surface area contributed by atoms with E-state index in [-0.39, 0.29) is 11.9 Å². The molecule has 1 saturated carbocycles. The Morgan fingerprint density at radius 1 is 1.42 bits per heavy atom. The molecule has 0 saturated heterocycles. The van der Waals surface area contributed by atoms with Crippen molar-refractivity contribution in [2.75, 3.05) is 6.54 Å². The number of benzene rings is 1. The molecule has 1 fully saturated rings. The molecule has 0 bridgehead atoms. The molecule has 0 aromatic heterocycles. The van der Waals surface area contributed by atoms with E-state index in [0.29, 0.717) is 19.0 Å². The lowest BCUT2D eigenvalue weighted by Crippen LogP contribution is -2.30. The molecular formula is C14H18Br2N2O. The minimum atomic E-state index is 0.150. The van der Waals surface area contributed by atoms with Crippen LogP contribution in [0.3, 0.4) is 0 Å². The third-order valence-electron chi connectivity index (χ3n) is 3.17. The summed E-state index contributed by atoms with van der Waals surface area (Å²) in [7, 11) is 0. The molecule has 3 nitrogen and oxygen atoms in total. The summed E-state index contributed by atoms with van der Waals surface area (Å²) in [6.45, 7) is 2.80. The highest BCUT2D eigenvalue weighted by molar-refractivity contribution is 9.11. The molecule has 1 aliphatic rings. The van der Waals surface area contributed by atoms with Crippen LogP contribution in [-0.2, 0) is 4.79 Å². The van der Waals surface area contributed by atoms with Gasteiger partial charge in [-0.3, -0.25) is 4.79 Å². The van der Waals surface area contributed by atoms with Crippen LogP contribution in [-0.4, -0.2) is 18.5 Å². The van der Waals surface area contributed by atoms with Crippen molar-refractivity contribution in [3.8, 4) is 0 Å². The molecule has 0 spiro atoms. The molecule has 1 aromatic rings. The van der Waals surface area contributed by atoms with Crippen LogP contribution < -0.4 is 10.6 Å². The first-order valence-corrected chi connectivity index (χ1v) is 8.12. The Kier molecular flexibility index (Phi) is 5.42. The number of hydrogen-bond acceptors (Lipinski definition) is 2. The van der Waals surface area contributed by atoms with Crippen LogP contribution in [0.4, 0.5) is 0 Å². The van der Waals surface area contributed by atoms with E-state index in [1.807, 2.05) is 12.1 Å². The van der Waals surface area contributed by atoms with E-state index in [1.165, 1.54) is 5.56 Å². The highest BCUT2D eigenvalue weighted by atomic mass is 79.9. The average molecular weight is 390 g/mol. The molecule has 0 aliphatic heterocycles. The van der Waals surface area contributed by atoms with Gasteiger partial charge in [-0.05, 0) is 37.5 Å². The number of hydrogen-bond donors (Lipinski definition) is 2. The van der Waals surface area contributed by atoms with Crippen molar-refractivity contribution in [1.82, 2.24) is 10.6 Å². The molecule has 2 rings (SSSR count). The fourth-order valence-electron chi connectivity index (χ4n) is 1.89. The molecule has 0 radical (unpaired) electrons. The Labute approximate surface area is 130 Å². The number of carbonyl (C=O) groups excluding carboxylic acids is 1. The van der Waals surface area contributed by atoms with Crippen molar-refractivity contribution in [2.24, 2.45) is 0 Å². The van der Waals surface area contributed by atoms with Gasteiger partial charge < -0.3 is 10.6 Å². The van der Waals surface area contributed by atoms with Crippen molar-refractivity contribution >= 4 is 37.8 Å². The van der Waals surface area contributed by atoms with Crippen molar-refractivity contribution in [3.05, 3.63) is 32.7 Å². The van der Waals surface area contributed by atoms with Gasteiger partial charge in [0.15, 0.2) is 0 Å². The Morgan fingerprint density at radius 2 is 2.16 bits per heavy atom. The minimum absolute atomic E-state index is 0.150. The van der Waals surface area contributed by atoms with E-state index < -0.39 is 0 Å². The molecule has 19 heavy (non-hydrogen) atoms. The van der Waals surface area contributed by atoms with Crippen LogP contribution in [0.15, 0.2) is 27.1 Å². The van der Waals surface area contributed by atoms with Crippen molar-refractivity contribution < 1.29 is 4.79 Å². The maximum atomic E-state index is 11.6. The maximum absolute atomic E-state index is 11.6. The minimum Gasteiger partial charge on any atom is -0.353 e. The van der Waals surface area contributed by atoms with Gasteiger partial charge in [-0.2, -0.15) is 0 Å². The zero-order valence-corrected chi connectivity index (χ0v) is 14.1. The number of nitrogens with one attached hydrogen (secondary N) is 2. The standard InChI is InChI=1S/C14H18Br2N2O/c1-9(12-5-2-10(15)8-13(12)16)17-7-6-14(19)18-11-3-4-11/h2,5,8-9,11,17H,3-4,6-7H2,1H3,(H,18,19). The average Bonchev–Trinajstić information content (AvgIpc) is 3.12. The largest absolute Gasteiger partial charge is 0.353 e. The van der Waals surface area contributed by atoms with Gasteiger partial charge in [0.05, 0.1) is 0 Å². The Hall–Kier alpha value is -0.390. The summed E-state index contributed by atoms with van der Waals surface area (Å²) in [4.78, 5) is 11.6. The van der Waals surface area contributed by atoms with Crippen LogP contribution in [0.2, 0.25) is 0 Å². The van der Waals surface area contributed by atoms with Gasteiger partial charge in [0.1, 0.15) is 0 Å². The molecule has 1 amide bonds. The Morgan fingerprint density at radius 3 is 2.79 bits per heavy atom. The number of halogens is 2. The quantitative estimate of drug-likeness (QED) is 0.781. The lowest BCUT2D eigenvalue weighted by atomic mass is 10.1. The fourth-order valence-corrected chi connectivity index (χ4v) is 3.28. The molecule has 1 unspecified atom stereocenters. The third-order valence-corrected chi connectivity index (χ3v) is 4.35. The predicted molar refractivity (Wildman–Crippen MR) is 84.0 cm³/mol. The summed E-state index contributed by atoms with van der Waals surface area (Å²) in [6.07, 6.45) is 2.82. The maximum Gasteiger partial charge on any atom is 0.221 e. The third kappa shape index (κ3) is 4.89. The van der Waals surface area contributed by atoms with Crippen molar-refractivity contribution in [2.45, 2.75) is 38.3 Å².